The van der Waals surface area contributed by atoms with Gasteiger partial charge in [-0.1, -0.05) is 17.7 Å². The van der Waals surface area contributed by atoms with Gasteiger partial charge in [-0.15, -0.1) is 0 Å². The summed E-state index contributed by atoms with van der Waals surface area (Å²) in [6.45, 7) is 7.30. The van der Waals surface area contributed by atoms with Crippen LogP contribution in [0.1, 0.15) is 24.1 Å². The summed E-state index contributed by atoms with van der Waals surface area (Å²) in [7, 11) is 2.11. The predicted octanol–water partition coefficient (Wildman–Crippen LogP) is 1.72. The maximum Gasteiger partial charge on any atom is 0.124 e. The zero-order chi connectivity index (χ0) is 13.8. The van der Waals surface area contributed by atoms with E-state index < -0.39 is 0 Å². The van der Waals surface area contributed by atoms with E-state index in [1.807, 2.05) is 13.0 Å². The number of hydrogen-bond donors (Lipinski definition) is 1. The molecule has 2 atom stereocenters. The van der Waals surface area contributed by atoms with Crippen LogP contribution in [0, 0.1) is 6.92 Å². The van der Waals surface area contributed by atoms with Crippen LogP contribution in [0.5, 0.6) is 5.75 Å². The molecule has 0 aromatic heterocycles. The molecule has 1 fully saturated rings. The monoisotopic (exact) mass is 264 g/mol. The van der Waals surface area contributed by atoms with Gasteiger partial charge in [0.2, 0.25) is 0 Å². The molecule has 0 radical (unpaired) electrons. The lowest BCUT2D eigenvalue weighted by Crippen LogP contribution is -2.42. The zero-order valence-electron chi connectivity index (χ0n) is 12.1. The predicted molar refractivity (Wildman–Crippen MR) is 76.5 cm³/mol. The van der Waals surface area contributed by atoms with Gasteiger partial charge < -0.3 is 20.1 Å². The number of rotatable bonds is 4. The molecule has 0 aliphatic carbocycles. The van der Waals surface area contributed by atoms with E-state index in [1.54, 1.807) is 0 Å². The molecule has 4 heteroatoms. The molecule has 4 nitrogen and oxygen atoms in total. The second-order valence-electron chi connectivity index (χ2n) is 5.40. The fourth-order valence-electron chi connectivity index (χ4n) is 2.31. The molecule has 0 spiro atoms. The van der Waals surface area contributed by atoms with Crippen LogP contribution in [0.25, 0.3) is 0 Å². The number of nitrogens with two attached hydrogens (primary N) is 1. The van der Waals surface area contributed by atoms with Crippen molar-refractivity contribution in [3.05, 3.63) is 29.3 Å². The fourth-order valence-corrected chi connectivity index (χ4v) is 2.31. The molecular formula is C15H24N2O2. The number of nitrogens with zero attached hydrogens (tertiary/aromatic N) is 1. The second kappa shape index (κ2) is 6.37. The Morgan fingerprint density at radius 1 is 1.53 bits per heavy atom. The molecule has 1 aromatic carbocycles. The van der Waals surface area contributed by atoms with Gasteiger partial charge in [-0.25, -0.2) is 0 Å². The van der Waals surface area contributed by atoms with Crippen LogP contribution < -0.4 is 10.5 Å². The quantitative estimate of drug-likeness (QED) is 0.899. The topological polar surface area (TPSA) is 47.7 Å². The van der Waals surface area contributed by atoms with Crippen LogP contribution in [-0.4, -0.2) is 44.4 Å². The second-order valence-corrected chi connectivity index (χ2v) is 5.40. The summed E-state index contributed by atoms with van der Waals surface area (Å²) in [5.74, 6) is 0.873. The molecular weight excluding hydrogens is 240 g/mol. The van der Waals surface area contributed by atoms with E-state index in [9.17, 15) is 0 Å². The molecule has 1 aliphatic heterocycles. The standard InChI is InChI=1S/C15H24N2O2/c1-11-4-5-15(14(8-11)12(2)16)19-10-13-9-17(3)6-7-18-13/h4-5,8,12-13H,6-7,9-10,16H2,1-3H3. The van der Waals surface area contributed by atoms with E-state index in [0.717, 1.165) is 31.0 Å². The number of hydrogen-bond acceptors (Lipinski definition) is 4. The fraction of sp³-hybridized carbons (Fsp3) is 0.600. The largest absolute Gasteiger partial charge is 0.490 e. The molecule has 1 aromatic rings. The van der Waals surface area contributed by atoms with Crippen molar-refractivity contribution in [2.45, 2.75) is 26.0 Å². The first-order valence-electron chi connectivity index (χ1n) is 6.85. The van der Waals surface area contributed by atoms with Crippen molar-refractivity contribution < 1.29 is 9.47 Å². The van der Waals surface area contributed by atoms with Crippen molar-refractivity contribution in [2.24, 2.45) is 5.73 Å². The first-order chi connectivity index (χ1) is 9.06. The summed E-state index contributed by atoms with van der Waals surface area (Å²) in [4.78, 5) is 2.26. The van der Waals surface area contributed by atoms with Gasteiger partial charge >= 0.3 is 0 Å². The number of morpholine rings is 1. The summed E-state index contributed by atoms with van der Waals surface area (Å²) >= 11 is 0. The first-order valence-corrected chi connectivity index (χ1v) is 6.85. The van der Waals surface area contributed by atoms with Crippen molar-refractivity contribution in [1.82, 2.24) is 4.90 Å². The number of aryl methyl sites for hydroxylation is 1. The molecule has 19 heavy (non-hydrogen) atoms. The van der Waals surface area contributed by atoms with Crippen molar-refractivity contribution in [3.8, 4) is 5.75 Å². The Morgan fingerprint density at radius 2 is 2.32 bits per heavy atom. The Kier molecular flexibility index (Phi) is 4.80. The third-order valence-electron chi connectivity index (χ3n) is 3.42. The maximum atomic E-state index is 5.99. The molecule has 2 unspecified atom stereocenters. The molecule has 0 amide bonds. The van der Waals surface area contributed by atoms with E-state index in [4.69, 9.17) is 15.2 Å². The number of ether oxygens (including phenoxy) is 2. The van der Waals surface area contributed by atoms with Gasteiger partial charge in [0, 0.05) is 24.7 Å². The molecule has 2 N–H and O–H groups in total. The van der Waals surface area contributed by atoms with Gasteiger partial charge in [0.15, 0.2) is 0 Å². The highest BCUT2D eigenvalue weighted by Gasteiger charge is 2.19. The Bertz CT molecular complexity index is 421. The first kappa shape index (κ1) is 14.3. The lowest BCUT2D eigenvalue weighted by atomic mass is 10.1. The summed E-state index contributed by atoms with van der Waals surface area (Å²) in [5, 5.41) is 0. The third-order valence-corrected chi connectivity index (χ3v) is 3.42. The Labute approximate surface area is 115 Å². The van der Waals surface area contributed by atoms with Crippen LogP contribution >= 0.6 is 0 Å². The summed E-state index contributed by atoms with van der Waals surface area (Å²) in [5.41, 5.74) is 8.26. The average Bonchev–Trinajstić information content (AvgIpc) is 2.37. The van der Waals surface area contributed by atoms with Crippen molar-refractivity contribution in [3.63, 3.8) is 0 Å². The Morgan fingerprint density at radius 3 is 3.00 bits per heavy atom. The third kappa shape index (κ3) is 3.93. The van der Waals surface area contributed by atoms with Crippen LogP contribution in [0.2, 0.25) is 0 Å². The van der Waals surface area contributed by atoms with Gasteiger partial charge in [-0.3, -0.25) is 0 Å². The summed E-state index contributed by atoms with van der Waals surface area (Å²) in [6, 6.07) is 6.12. The molecule has 2 rings (SSSR count). The van der Waals surface area contributed by atoms with Crippen LogP contribution in [-0.2, 0) is 4.74 Å². The van der Waals surface area contributed by atoms with Crippen LogP contribution in [0.4, 0.5) is 0 Å². The molecule has 0 bridgehead atoms. The van der Waals surface area contributed by atoms with Gasteiger partial charge in [0.05, 0.1) is 6.61 Å². The Balaban J connectivity index is 1.99. The van der Waals surface area contributed by atoms with Gasteiger partial charge in [-0.2, -0.15) is 0 Å². The highest BCUT2D eigenvalue weighted by atomic mass is 16.5. The van der Waals surface area contributed by atoms with E-state index in [1.165, 1.54) is 5.56 Å². The summed E-state index contributed by atoms with van der Waals surface area (Å²) in [6.07, 6.45) is 0.140. The van der Waals surface area contributed by atoms with Crippen molar-refractivity contribution in [1.29, 1.82) is 0 Å². The van der Waals surface area contributed by atoms with Crippen molar-refractivity contribution in [2.75, 3.05) is 33.4 Å². The van der Waals surface area contributed by atoms with Gasteiger partial charge in [-0.05, 0) is 27.0 Å². The van der Waals surface area contributed by atoms with E-state index in [2.05, 4.69) is 31.0 Å². The minimum atomic E-state index is -0.0233. The van der Waals surface area contributed by atoms with Crippen LogP contribution in [0.3, 0.4) is 0 Å². The zero-order valence-corrected chi connectivity index (χ0v) is 12.1. The SMILES string of the molecule is Cc1ccc(OCC2CN(C)CCO2)c(C(C)N)c1. The van der Waals surface area contributed by atoms with Crippen molar-refractivity contribution >= 4 is 0 Å². The van der Waals surface area contributed by atoms with Gasteiger partial charge in [0.1, 0.15) is 18.5 Å². The van der Waals surface area contributed by atoms with E-state index in [0.29, 0.717) is 6.61 Å². The maximum absolute atomic E-state index is 5.99. The molecule has 1 saturated heterocycles. The molecule has 1 heterocycles. The molecule has 1 aliphatic rings. The highest BCUT2D eigenvalue weighted by molar-refractivity contribution is 5.38. The minimum Gasteiger partial charge on any atom is -0.490 e. The number of benzene rings is 1. The Hall–Kier alpha value is -1.10. The molecule has 106 valence electrons. The average molecular weight is 264 g/mol. The molecule has 0 saturated carbocycles. The normalized spacial score (nSPS) is 22.2. The lowest BCUT2D eigenvalue weighted by Gasteiger charge is -2.30. The van der Waals surface area contributed by atoms with Crippen LogP contribution in [0.15, 0.2) is 18.2 Å². The van der Waals surface area contributed by atoms with Gasteiger partial charge in [0.25, 0.3) is 0 Å². The number of likely N-dealkylation sites (N-methyl/N-ethyl adjacent to an activating group) is 1. The minimum absolute atomic E-state index is 0.0233. The van der Waals surface area contributed by atoms with E-state index in [-0.39, 0.29) is 12.1 Å². The van der Waals surface area contributed by atoms with E-state index >= 15 is 0 Å². The lowest BCUT2D eigenvalue weighted by molar-refractivity contribution is -0.0405. The summed E-state index contributed by atoms with van der Waals surface area (Å²) < 4.78 is 11.6. The highest BCUT2D eigenvalue weighted by Crippen LogP contribution is 2.25. The smallest absolute Gasteiger partial charge is 0.124 e.